The number of furan rings is 1. The fourth-order valence-electron chi connectivity index (χ4n) is 3.63. The van der Waals surface area contributed by atoms with E-state index in [0.29, 0.717) is 24.2 Å². The third kappa shape index (κ3) is 3.85. The van der Waals surface area contributed by atoms with Crippen molar-refractivity contribution in [2.45, 2.75) is 19.6 Å². The molecule has 0 bridgehead atoms. The molecule has 0 radical (unpaired) electrons. The lowest BCUT2D eigenvalue weighted by atomic mass is 10.2. The van der Waals surface area contributed by atoms with Crippen LogP contribution in [0.2, 0.25) is 0 Å². The standard InChI is InChI=1S/C24H19N5O3/c30-21(28(13-17-7-10-25-11-8-17)14-18-4-3-9-26-12-18)15-29-16-27-22-19-5-1-2-6-20(19)32-23(22)24(29)31/h1-12,16H,13-15H2. The zero-order valence-electron chi connectivity index (χ0n) is 17.1. The molecule has 5 aromatic rings. The van der Waals surface area contributed by atoms with Gasteiger partial charge < -0.3 is 9.32 Å². The summed E-state index contributed by atoms with van der Waals surface area (Å²) in [5.41, 5.74) is 2.69. The summed E-state index contributed by atoms with van der Waals surface area (Å²) >= 11 is 0. The number of benzene rings is 1. The largest absolute Gasteiger partial charge is 0.448 e. The Labute approximate surface area is 182 Å². The molecule has 0 N–H and O–H groups in total. The van der Waals surface area contributed by atoms with Crippen LogP contribution in [-0.4, -0.2) is 30.3 Å². The summed E-state index contributed by atoms with van der Waals surface area (Å²) in [4.78, 5) is 40.5. The van der Waals surface area contributed by atoms with Gasteiger partial charge in [-0.05, 0) is 41.5 Å². The third-order valence-corrected chi connectivity index (χ3v) is 5.23. The average Bonchev–Trinajstić information content (AvgIpc) is 3.21. The minimum Gasteiger partial charge on any atom is -0.448 e. The lowest BCUT2D eigenvalue weighted by Gasteiger charge is -2.23. The molecule has 0 fully saturated rings. The summed E-state index contributed by atoms with van der Waals surface area (Å²) < 4.78 is 7.01. The van der Waals surface area contributed by atoms with Crippen LogP contribution in [0.3, 0.4) is 0 Å². The zero-order valence-corrected chi connectivity index (χ0v) is 17.1. The number of aromatic nitrogens is 4. The van der Waals surface area contributed by atoms with Crippen molar-refractivity contribution in [3.05, 3.63) is 101 Å². The van der Waals surface area contributed by atoms with Gasteiger partial charge in [0, 0.05) is 43.3 Å². The van der Waals surface area contributed by atoms with Crippen molar-refractivity contribution in [2.75, 3.05) is 0 Å². The quantitative estimate of drug-likeness (QED) is 0.415. The number of hydrogen-bond donors (Lipinski definition) is 0. The highest BCUT2D eigenvalue weighted by Crippen LogP contribution is 2.24. The van der Waals surface area contributed by atoms with Gasteiger partial charge in [0.15, 0.2) is 0 Å². The van der Waals surface area contributed by atoms with E-state index >= 15 is 0 Å². The van der Waals surface area contributed by atoms with Crippen LogP contribution in [0, 0.1) is 0 Å². The SMILES string of the molecule is O=C(Cn1cnc2c(oc3ccccc32)c1=O)N(Cc1ccncc1)Cc1cccnc1. The van der Waals surface area contributed by atoms with E-state index in [2.05, 4.69) is 15.0 Å². The van der Waals surface area contributed by atoms with Crippen LogP contribution in [0.25, 0.3) is 22.1 Å². The molecule has 0 aliphatic carbocycles. The molecule has 1 aromatic carbocycles. The van der Waals surface area contributed by atoms with Gasteiger partial charge in [0.05, 0.1) is 6.33 Å². The smallest absolute Gasteiger partial charge is 0.297 e. The van der Waals surface area contributed by atoms with Crippen LogP contribution >= 0.6 is 0 Å². The van der Waals surface area contributed by atoms with Crippen LogP contribution < -0.4 is 5.56 Å². The van der Waals surface area contributed by atoms with E-state index in [1.165, 1.54) is 10.9 Å². The van der Waals surface area contributed by atoms with Gasteiger partial charge >= 0.3 is 0 Å². The number of nitrogens with zero attached hydrogens (tertiary/aromatic N) is 5. The maximum Gasteiger partial charge on any atom is 0.297 e. The van der Waals surface area contributed by atoms with Crippen molar-refractivity contribution in [1.29, 1.82) is 0 Å². The Kier molecular flexibility index (Phi) is 5.17. The molecule has 8 heteroatoms. The maximum atomic E-state index is 13.3. The Morgan fingerprint density at radius 2 is 1.75 bits per heavy atom. The van der Waals surface area contributed by atoms with E-state index in [0.717, 1.165) is 16.5 Å². The van der Waals surface area contributed by atoms with E-state index < -0.39 is 0 Å². The fourth-order valence-corrected chi connectivity index (χ4v) is 3.63. The number of rotatable bonds is 6. The van der Waals surface area contributed by atoms with Crippen molar-refractivity contribution in [3.63, 3.8) is 0 Å². The molecule has 0 atom stereocenters. The van der Waals surface area contributed by atoms with Crippen LogP contribution in [0.4, 0.5) is 0 Å². The molecule has 158 valence electrons. The summed E-state index contributed by atoms with van der Waals surface area (Å²) in [6, 6.07) is 14.8. The van der Waals surface area contributed by atoms with Gasteiger partial charge in [-0.2, -0.15) is 0 Å². The van der Waals surface area contributed by atoms with E-state index in [4.69, 9.17) is 4.42 Å². The van der Waals surface area contributed by atoms with Gasteiger partial charge in [0.25, 0.3) is 5.56 Å². The Bertz CT molecular complexity index is 1400. The topological polar surface area (TPSA) is 94.1 Å². The second-order valence-electron chi connectivity index (χ2n) is 7.42. The first-order valence-electron chi connectivity index (χ1n) is 10.1. The molecule has 0 saturated carbocycles. The Balaban J connectivity index is 1.45. The van der Waals surface area contributed by atoms with Crippen molar-refractivity contribution in [2.24, 2.45) is 0 Å². The zero-order chi connectivity index (χ0) is 21.9. The summed E-state index contributed by atoms with van der Waals surface area (Å²) in [7, 11) is 0. The maximum absolute atomic E-state index is 13.3. The van der Waals surface area contributed by atoms with Gasteiger partial charge in [-0.1, -0.05) is 18.2 Å². The monoisotopic (exact) mass is 425 g/mol. The number of carbonyl (C=O) groups excluding carboxylic acids is 1. The summed E-state index contributed by atoms with van der Waals surface area (Å²) in [5.74, 6) is -0.218. The number of amides is 1. The number of hydrogen-bond acceptors (Lipinski definition) is 6. The highest BCUT2D eigenvalue weighted by molar-refractivity contribution is 6.01. The first-order chi connectivity index (χ1) is 15.7. The second kappa shape index (κ2) is 8.43. The van der Waals surface area contributed by atoms with Crippen LogP contribution in [0.15, 0.2) is 88.9 Å². The summed E-state index contributed by atoms with van der Waals surface area (Å²) in [5, 5.41) is 0.772. The normalized spacial score (nSPS) is 11.1. The Morgan fingerprint density at radius 1 is 0.938 bits per heavy atom. The number of pyridine rings is 2. The van der Waals surface area contributed by atoms with Gasteiger partial charge in [-0.3, -0.25) is 24.1 Å². The molecule has 4 aromatic heterocycles. The average molecular weight is 425 g/mol. The molecule has 1 amide bonds. The van der Waals surface area contributed by atoms with E-state index in [-0.39, 0.29) is 23.6 Å². The van der Waals surface area contributed by atoms with Crippen molar-refractivity contribution < 1.29 is 9.21 Å². The van der Waals surface area contributed by atoms with Crippen LogP contribution in [0.1, 0.15) is 11.1 Å². The van der Waals surface area contributed by atoms with Crippen molar-refractivity contribution in [3.8, 4) is 0 Å². The molecule has 8 nitrogen and oxygen atoms in total. The molecule has 0 aliphatic heterocycles. The number of carbonyl (C=O) groups is 1. The fraction of sp³-hybridized carbons (Fsp3) is 0.125. The lowest BCUT2D eigenvalue weighted by Crippen LogP contribution is -2.36. The molecule has 0 spiro atoms. The highest BCUT2D eigenvalue weighted by Gasteiger charge is 2.19. The molecule has 4 heterocycles. The molecule has 0 unspecified atom stereocenters. The molecule has 32 heavy (non-hydrogen) atoms. The van der Waals surface area contributed by atoms with Gasteiger partial charge in [-0.25, -0.2) is 4.98 Å². The van der Waals surface area contributed by atoms with Gasteiger partial charge in [-0.15, -0.1) is 0 Å². The minimum absolute atomic E-state index is 0.148. The molecule has 5 rings (SSSR count). The third-order valence-electron chi connectivity index (χ3n) is 5.23. The summed E-state index contributed by atoms with van der Waals surface area (Å²) in [6.45, 7) is 0.597. The van der Waals surface area contributed by atoms with E-state index in [1.807, 2.05) is 42.5 Å². The predicted molar refractivity (Wildman–Crippen MR) is 119 cm³/mol. The molecule has 0 saturated heterocycles. The molecular weight excluding hydrogens is 406 g/mol. The van der Waals surface area contributed by atoms with Crippen molar-refractivity contribution in [1.82, 2.24) is 24.4 Å². The van der Waals surface area contributed by atoms with Crippen LogP contribution in [-0.2, 0) is 24.4 Å². The Hall–Kier alpha value is -4.33. The number of para-hydroxylation sites is 1. The second-order valence-corrected chi connectivity index (χ2v) is 7.42. The van der Waals surface area contributed by atoms with E-state index in [9.17, 15) is 9.59 Å². The van der Waals surface area contributed by atoms with Crippen molar-refractivity contribution >= 4 is 28.0 Å². The van der Waals surface area contributed by atoms with Crippen LogP contribution in [0.5, 0.6) is 0 Å². The first kappa shape index (κ1) is 19.6. The highest BCUT2D eigenvalue weighted by atomic mass is 16.3. The van der Waals surface area contributed by atoms with Gasteiger partial charge in [0.2, 0.25) is 11.5 Å². The molecule has 0 aliphatic rings. The number of fused-ring (bicyclic) bond motifs is 3. The molecular formula is C24H19N5O3. The predicted octanol–water partition coefficient (Wildman–Crippen LogP) is 3.16. The minimum atomic E-state index is -0.384. The first-order valence-corrected chi connectivity index (χ1v) is 10.1. The lowest BCUT2D eigenvalue weighted by molar-refractivity contribution is -0.133. The van der Waals surface area contributed by atoms with Gasteiger partial charge in [0.1, 0.15) is 17.6 Å². The Morgan fingerprint density at radius 3 is 2.56 bits per heavy atom. The summed E-state index contributed by atoms with van der Waals surface area (Å²) in [6.07, 6.45) is 8.19. The van der Waals surface area contributed by atoms with E-state index in [1.54, 1.807) is 35.8 Å².